The van der Waals surface area contributed by atoms with Gasteiger partial charge >= 0.3 is 5.97 Å². The van der Waals surface area contributed by atoms with Gasteiger partial charge < -0.3 is 14.8 Å². The summed E-state index contributed by atoms with van der Waals surface area (Å²) in [6.07, 6.45) is 2.12. The van der Waals surface area contributed by atoms with Crippen LogP contribution in [0, 0.1) is 0 Å². The van der Waals surface area contributed by atoms with Crippen molar-refractivity contribution in [3.05, 3.63) is 107 Å². The van der Waals surface area contributed by atoms with Gasteiger partial charge in [0.25, 0.3) is 0 Å². The molecule has 0 saturated carbocycles. The summed E-state index contributed by atoms with van der Waals surface area (Å²) in [4.78, 5) is 33.9. The van der Waals surface area contributed by atoms with E-state index in [-0.39, 0.29) is 17.3 Å². The summed E-state index contributed by atoms with van der Waals surface area (Å²) in [5.41, 5.74) is 4.78. The van der Waals surface area contributed by atoms with Crippen molar-refractivity contribution in [1.82, 2.24) is 9.97 Å². The smallest absolute Gasteiger partial charge is 0.336 e. The van der Waals surface area contributed by atoms with E-state index in [1.807, 2.05) is 54.6 Å². The fraction of sp³-hybridized carbons (Fsp3) is 0.182. The number of rotatable bonds is 10. The van der Waals surface area contributed by atoms with Crippen molar-refractivity contribution in [3.63, 3.8) is 0 Å². The van der Waals surface area contributed by atoms with Gasteiger partial charge in [0.1, 0.15) is 11.6 Å². The van der Waals surface area contributed by atoms with E-state index in [0.717, 1.165) is 29.4 Å². The van der Waals surface area contributed by atoms with Gasteiger partial charge in [-0.1, -0.05) is 67.4 Å². The van der Waals surface area contributed by atoms with Gasteiger partial charge in [-0.15, -0.1) is 0 Å². The zero-order valence-electron chi connectivity index (χ0n) is 22.3. The van der Waals surface area contributed by atoms with E-state index in [1.165, 1.54) is 6.07 Å². The van der Waals surface area contributed by atoms with Crippen LogP contribution in [-0.4, -0.2) is 33.9 Å². The number of benzene rings is 4. The number of carboxylic acids is 1. The highest BCUT2D eigenvalue weighted by molar-refractivity contribution is 6.31. The molecule has 0 amide bonds. The molecule has 7 heteroatoms. The molecular formula is C33H29ClN2O4. The maximum atomic E-state index is 13.4. The number of halogens is 1. The molecule has 6 nitrogen and oxygen atoms in total. The van der Waals surface area contributed by atoms with E-state index in [2.05, 4.69) is 11.9 Å². The summed E-state index contributed by atoms with van der Waals surface area (Å²) in [7, 11) is 1.60. The van der Waals surface area contributed by atoms with Crippen molar-refractivity contribution in [2.75, 3.05) is 7.11 Å². The molecule has 1 aromatic heterocycles. The second-order valence-corrected chi connectivity index (χ2v) is 10.2. The number of carboxylic acid groups (broad SMARTS) is 1. The van der Waals surface area contributed by atoms with Crippen LogP contribution in [0.4, 0.5) is 0 Å². The lowest BCUT2D eigenvalue weighted by atomic mass is 9.87. The summed E-state index contributed by atoms with van der Waals surface area (Å²) >= 11 is 6.38. The lowest BCUT2D eigenvalue weighted by Gasteiger charge is -2.17. The predicted octanol–water partition coefficient (Wildman–Crippen LogP) is 8.41. The van der Waals surface area contributed by atoms with Crippen LogP contribution in [0.2, 0.25) is 5.02 Å². The van der Waals surface area contributed by atoms with E-state index >= 15 is 0 Å². The highest BCUT2D eigenvalue weighted by Crippen LogP contribution is 2.37. The summed E-state index contributed by atoms with van der Waals surface area (Å²) in [6.45, 7) is 2.10. The third-order valence-corrected chi connectivity index (χ3v) is 7.36. The topological polar surface area (TPSA) is 92.3 Å². The average Bonchev–Trinajstić information content (AvgIpc) is 3.40. The van der Waals surface area contributed by atoms with Gasteiger partial charge in [0.05, 0.1) is 23.7 Å². The Hall–Kier alpha value is -4.42. The van der Waals surface area contributed by atoms with Gasteiger partial charge in [-0.05, 0) is 65.4 Å². The van der Waals surface area contributed by atoms with Gasteiger partial charge in [-0.25, -0.2) is 9.78 Å². The minimum Gasteiger partial charge on any atom is -0.497 e. The van der Waals surface area contributed by atoms with E-state index in [1.54, 1.807) is 31.4 Å². The first-order chi connectivity index (χ1) is 19.4. The Morgan fingerprint density at radius 2 is 1.73 bits per heavy atom. The molecule has 0 saturated heterocycles. The summed E-state index contributed by atoms with van der Waals surface area (Å²) in [6, 6.07) is 25.7. The van der Waals surface area contributed by atoms with Crippen molar-refractivity contribution in [3.8, 4) is 28.3 Å². The molecule has 0 spiro atoms. The number of carbonyl (C=O) groups is 2. The maximum absolute atomic E-state index is 13.4. The van der Waals surface area contributed by atoms with Crippen LogP contribution in [0.5, 0.6) is 5.75 Å². The number of hydrogen-bond acceptors (Lipinski definition) is 4. The number of methoxy groups -OCH3 is 1. The monoisotopic (exact) mass is 552 g/mol. The molecule has 202 valence electrons. The van der Waals surface area contributed by atoms with Crippen molar-refractivity contribution < 1.29 is 19.4 Å². The van der Waals surface area contributed by atoms with E-state index in [0.29, 0.717) is 45.3 Å². The van der Waals surface area contributed by atoms with Crippen LogP contribution in [0.1, 0.15) is 58.4 Å². The zero-order chi connectivity index (χ0) is 28.2. The number of aromatic nitrogens is 2. The van der Waals surface area contributed by atoms with Crippen molar-refractivity contribution >= 4 is 34.4 Å². The maximum Gasteiger partial charge on any atom is 0.336 e. The molecule has 0 aliphatic heterocycles. The second kappa shape index (κ2) is 11.8. The number of imidazole rings is 1. The number of hydrogen-bond donors (Lipinski definition) is 2. The Morgan fingerprint density at radius 1 is 0.950 bits per heavy atom. The fourth-order valence-electron chi connectivity index (χ4n) is 5.12. The third kappa shape index (κ3) is 5.63. The molecule has 0 fully saturated rings. The van der Waals surface area contributed by atoms with Crippen LogP contribution in [0.25, 0.3) is 33.5 Å². The van der Waals surface area contributed by atoms with Gasteiger partial charge in [0.15, 0.2) is 5.78 Å². The zero-order valence-corrected chi connectivity index (χ0v) is 23.0. The highest BCUT2D eigenvalue weighted by atomic mass is 35.5. The van der Waals surface area contributed by atoms with Crippen molar-refractivity contribution in [2.45, 2.75) is 32.1 Å². The number of aromatic carboxylic acids is 1. The number of ketones is 1. The summed E-state index contributed by atoms with van der Waals surface area (Å²) in [5.74, 6) is 0.113. The molecule has 5 aromatic rings. The van der Waals surface area contributed by atoms with Gasteiger partial charge in [0.2, 0.25) is 0 Å². The molecule has 0 bridgehead atoms. The Kier molecular flexibility index (Phi) is 7.99. The minimum atomic E-state index is -1.13. The fourth-order valence-corrected chi connectivity index (χ4v) is 5.29. The number of Topliss-reactive ketones (excluding diaryl/α,β-unsaturated/α-hetero) is 1. The number of nitrogens with zero attached hydrogens (tertiary/aromatic N) is 1. The van der Waals surface area contributed by atoms with Crippen LogP contribution in [0.3, 0.4) is 0 Å². The third-order valence-electron chi connectivity index (χ3n) is 7.13. The molecule has 0 aliphatic carbocycles. The number of carbonyl (C=O) groups excluding carboxylic acids is 1. The van der Waals surface area contributed by atoms with Crippen LogP contribution in [0.15, 0.2) is 84.9 Å². The molecule has 0 aliphatic rings. The standard InChI is InChI=1S/C33H29ClN2O4/c1-3-7-21(20-8-5-4-6-9-20)17-31(37)22-10-13-25(28(16-22)33(38)39)27-18-23(34)11-14-26(27)32-35-29-15-12-24(40-2)19-30(29)36-32/h4-6,8-16,18-19,21H,3,7,17H2,1-2H3,(H,35,36)(H,38,39)/t21-/m0/s1. The largest absolute Gasteiger partial charge is 0.497 e. The average molecular weight is 553 g/mol. The van der Waals surface area contributed by atoms with Crippen LogP contribution >= 0.6 is 11.6 Å². The van der Waals surface area contributed by atoms with Gasteiger partial charge in [0, 0.05) is 28.6 Å². The number of nitrogens with one attached hydrogen (secondary N) is 1. The highest BCUT2D eigenvalue weighted by Gasteiger charge is 2.22. The summed E-state index contributed by atoms with van der Waals surface area (Å²) < 4.78 is 5.32. The molecule has 1 atom stereocenters. The van der Waals surface area contributed by atoms with Crippen molar-refractivity contribution in [2.24, 2.45) is 0 Å². The lowest BCUT2D eigenvalue weighted by molar-refractivity contribution is 0.0697. The first-order valence-corrected chi connectivity index (χ1v) is 13.5. The first kappa shape index (κ1) is 27.2. The van der Waals surface area contributed by atoms with Crippen LogP contribution < -0.4 is 4.74 Å². The summed E-state index contributed by atoms with van der Waals surface area (Å²) in [5, 5.41) is 10.7. The Labute approximate surface area is 237 Å². The lowest BCUT2D eigenvalue weighted by Crippen LogP contribution is -2.10. The molecule has 40 heavy (non-hydrogen) atoms. The molecule has 0 radical (unpaired) electrons. The van der Waals surface area contributed by atoms with Gasteiger partial charge in [-0.2, -0.15) is 0 Å². The molecular weight excluding hydrogens is 524 g/mol. The SMILES string of the molecule is CCC[C@@H](CC(=O)c1ccc(-c2cc(Cl)ccc2-c2nc3ccc(OC)cc3[nH]2)c(C(=O)O)c1)c1ccccc1. The number of aromatic amines is 1. The van der Waals surface area contributed by atoms with E-state index < -0.39 is 5.97 Å². The van der Waals surface area contributed by atoms with Crippen LogP contribution in [-0.2, 0) is 0 Å². The Balaban J connectivity index is 1.54. The Morgan fingerprint density at radius 3 is 2.45 bits per heavy atom. The number of fused-ring (bicyclic) bond motifs is 1. The molecule has 2 N–H and O–H groups in total. The first-order valence-electron chi connectivity index (χ1n) is 13.2. The Bertz CT molecular complexity index is 1690. The molecule has 0 unspecified atom stereocenters. The molecule has 4 aromatic carbocycles. The quantitative estimate of drug-likeness (QED) is 0.170. The van der Waals surface area contributed by atoms with E-state index in [9.17, 15) is 14.7 Å². The molecule has 5 rings (SSSR count). The minimum absolute atomic E-state index is 0.0268. The predicted molar refractivity (Wildman–Crippen MR) is 159 cm³/mol. The number of H-pyrrole nitrogens is 1. The van der Waals surface area contributed by atoms with E-state index in [4.69, 9.17) is 21.3 Å². The number of ether oxygens (including phenoxy) is 1. The second-order valence-electron chi connectivity index (χ2n) is 9.75. The van der Waals surface area contributed by atoms with Crippen molar-refractivity contribution in [1.29, 1.82) is 0 Å². The van der Waals surface area contributed by atoms with Gasteiger partial charge in [-0.3, -0.25) is 4.79 Å². The molecule has 1 heterocycles. The normalized spacial score (nSPS) is 11.9.